The number of phenolic OH excluding ortho intramolecular Hbond substituents is 1. The van der Waals surface area contributed by atoms with Gasteiger partial charge in [-0.15, -0.1) is 0 Å². The van der Waals surface area contributed by atoms with Crippen LogP contribution in [0.15, 0.2) is 66.7 Å². The van der Waals surface area contributed by atoms with Crippen LogP contribution in [0, 0.1) is 0 Å². The first-order chi connectivity index (χ1) is 14.2. The first-order valence-corrected chi connectivity index (χ1v) is 9.89. The SMILES string of the molecule is CCN(CCO)Cc1cc(Nc2c3ccccc3nc3ccccc23)ccc1O. The van der Waals surface area contributed by atoms with E-state index in [2.05, 4.69) is 22.3 Å². The highest BCUT2D eigenvalue weighted by Gasteiger charge is 2.12. The van der Waals surface area contributed by atoms with Crippen LogP contribution in [-0.2, 0) is 6.54 Å². The number of para-hydroxylation sites is 2. The summed E-state index contributed by atoms with van der Waals surface area (Å²) in [6.45, 7) is 4.10. The number of aromatic hydroxyl groups is 1. The van der Waals surface area contributed by atoms with E-state index in [4.69, 9.17) is 4.98 Å². The van der Waals surface area contributed by atoms with Crippen molar-refractivity contribution >= 4 is 33.2 Å². The van der Waals surface area contributed by atoms with Crippen molar-refractivity contribution in [3.63, 3.8) is 0 Å². The molecule has 3 aromatic carbocycles. The Morgan fingerprint density at radius 1 is 0.931 bits per heavy atom. The van der Waals surface area contributed by atoms with Gasteiger partial charge < -0.3 is 15.5 Å². The van der Waals surface area contributed by atoms with E-state index in [1.54, 1.807) is 6.07 Å². The van der Waals surface area contributed by atoms with Gasteiger partial charge in [-0.25, -0.2) is 4.98 Å². The fraction of sp³-hybridized carbons (Fsp3) is 0.208. The Bertz CT molecular complexity index is 1090. The van der Waals surface area contributed by atoms with Crippen LogP contribution in [0.4, 0.5) is 11.4 Å². The molecule has 0 saturated heterocycles. The molecule has 4 aromatic rings. The molecule has 0 aliphatic rings. The van der Waals surface area contributed by atoms with Crippen LogP contribution in [0.5, 0.6) is 5.75 Å². The third-order valence-corrected chi connectivity index (χ3v) is 5.19. The van der Waals surface area contributed by atoms with E-state index in [-0.39, 0.29) is 12.4 Å². The summed E-state index contributed by atoms with van der Waals surface area (Å²) in [5.41, 5.74) is 4.61. The van der Waals surface area contributed by atoms with Crippen molar-refractivity contribution < 1.29 is 10.2 Å². The number of fused-ring (bicyclic) bond motifs is 2. The van der Waals surface area contributed by atoms with Crippen molar-refractivity contribution in [3.8, 4) is 5.75 Å². The lowest BCUT2D eigenvalue weighted by molar-refractivity contribution is 0.195. The van der Waals surface area contributed by atoms with Gasteiger partial charge in [-0.1, -0.05) is 43.3 Å². The van der Waals surface area contributed by atoms with Crippen molar-refractivity contribution in [2.45, 2.75) is 13.5 Å². The zero-order chi connectivity index (χ0) is 20.2. The third-order valence-electron chi connectivity index (χ3n) is 5.19. The van der Waals surface area contributed by atoms with Gasteiger partial charge >= 0.3 is 0 Å². The van der Waals surface area contributed by atoms with Crippen LogP contribution in [0.25, 0.3) is 21.8 Å². The maximum absolute atomic E-state index is 10.3. The summed E-state index contributed by atoms with van der Waals surface area (Å²) < 4.78 is 0. The van der Waals surface area contributed by atoms with Crippen LogP contribution in [-0.4, -0.2) is 39.8 Å². The number of hydrogen-bond acceptors (Lipinski definition) is 5. The molecule has 0 amide bonds. The molecule has 1 heterocycles. The number of aliphatic hydroxyl groups is 1. The van der Waals surface area contributed by atoms with E-state index in [1.165, 1.54) is 0 Å². The highest BCUT2D eigenvalue weighted by molar-refractivity contribution is 6.08. The van der Waals surface area contributed by atoms with E-state index >= 15 is 0 Å². The Kier molecular flexibility index (Phi) is 5.60. The van der Waals surface area contributed by atoms with E-state index in [1.807, 2.05) is 55.5 Å². The van der Waals surface area contributed by atoms with Crippen LogP contribution in [0.1, 0.15) is 12.5 Å². The number of anilines is 2. The highest BCUT2D eigenvalue weighted by Crippen LogP contribution is 2.34. The summed E-state index contributed by atoms with van der Waals surface area (Å²) in [6, 6.07) is 21.8. The van der Waals surface area contributed by atoms with Gasteiger partial charge in [0.25, 0.3) is 0 Å². The molecule has 0 atom stereocenters. The van der Waals surface area contributed by atoms with Crippen LogP contribution in [0.2, 0.25) is 0 Å². The Balaban J connectivity index is 1.76. The smallest absolute Gasteiger partial charge is 0.120 e. The fourth-order valence-corrected chi connectivity index (χ4v) is 3.64. The molecule has 0 spiro atoms. The van der Waals surface area contributed by atoms with Crippen molar-refractivity contribution in [1.29, 1.82) is 0 Å². The summed E-state index contributed by atoms with van der Waals surface area (Å²) in [5.74, 6) is 0.261. The van der Waals surface area contributed by atoms with Crippen molar-refractivity contribution in [2.24, 2.45) is 0 Å². The third kappa shape index (κ3) is 4.01. The number of pyridine rings is 1. The molecule has 0 fully saturated rings. The molecule has 4 rings (SSSR count). The maximum Gasteiger partial charge on any atom is 0.120 e. The molecule has 0 saturated carbocycles. The van der Waals surface area contributed by atoms with Gasteiger partial charge in [0.05, 0.1) is 23.3 Å². The quantitative estimate of drug-likeness (QED) is 0.318. The number of benzene rings is 3. The largest absolute Gasteiger partial charge is 0.508 e. The van der Waals surface area contributed by atoms with E-state index in [0.717, 1.165) is 45.3 Å². The Hall–Kier alpha value is -3.15. The molecular formula is C24H25N3O2. The normalized spacial score (nSPS) is 11.4. The van der Waals surface area contributed by atoms with Gasteiger partial charge in [0.2, 0.25) is 0 Å². The minimum absolute atomic E-state index is 0.0987. The topological polar surface area (TPSA) is 68.6 Å². The van der Waals surface area contributed by atoms with Crippen molar-refractivity contribution in [3.05, 3.63) is 72.3 Å². The summed E-state index contributed by atoms with van der Waals surface area (Å²) in [7, 11) is 0. The van der Waals surface area contributed by atoms with Crippen molar-refractivity contribution in [2.75, 3.05) is 25.0 Å². The zero-order valence-corrected chi connectivity index (χ0v) is 16.5. The molecule has 5 nitrogen and oxygen atoms in total. The number of rotatable bonds is 7. The lowest BCUT2D eigenvalue weighted by atomic mass is 10.1. The molecule has 3 N–H and O–H groups in total. The van der Waals surface area contributed by atoms with Gasteiger partial charge in [0.15, 0.2) is 0 Å². The molecule has 29 heavy (non-hydrogen) atoms. The number of nitrogens with zero attached hydrogens (tertiary/aromatic N) is 2. The summed E-state index contributed by atoms with van der Waals surface area (Å²) in [6.07, 6.45) is 0. The second kappa shape index (κ2) is 8.47. The van der Waals surface area contributed by atoms with Gasteiger partial charge in [-0.05, 0) is 36.9 Å². The number of aliphatic hydroxyl groups excluding tert-OH is 1. The number of nitrogens with one attached hydrogen (secondary N) is 1. The Labute approximate surface area is 170 Å². The van der Waals surface area contributed by atoms with Crippen LogP contribution >= 0.6 is 0 Å². The van der Waals surface area contributed by atoms with Crippen LogP contribution in [0.3, 0.4) is 0 Å². The highest BCUT2D eigenvalue weighted by atomic mass is 16.3. The average molecular weight is 387 g/mol. The van der Waals surface area contributed by atoms with Gasteiger partial charge in [-0.3, -0.25) is 4.90 Å². The molecule has 0 unspecified atom stereocenters. The van der Waals surface area contributed by atoms with Gasteiger partial charge in [0, 0.05) is 35.1 Å². The Morgan fingerprint density at radius 2 is 1.59 bits per heavy atom. The monoisotopic (exact) mass is 387 g/mol. The molecule has 0 aliphatic carbocycles. The van der Waals surface area contributed by atoms with E-state index < -0.39 is 0 Å². The molecule has 5 heteroatoms. The molecule has 0 radical (unpaired) electrons. The standard InChI is InChI=1S/C24H25N3O2/c1-2-27(13-14-28)16-17-15-18(11-12-23(17)29)25-24-19-7-3-5-9-21(19)26-22-10-6-4-8-20(22)24/h3-12,15,28-29H,2,13-14,16H2,1H3,(H,25,26). The predicted molar refractivity (Wildman–Crippen MR) is 119 cm³/mol. The van der Waals surface area contributed by atoms with Crippen LogP contribution < -0.4 is 5.32 Å². The predicted octanol–water partition coefficient (Wildman–Crippen LogP) is 4.65. The lowest BCUT2D eigenvalue weighted by Crippen LogP contribution is -2.26. The molecule has 148 valence electrons. The molecule has 0 aliphatic heterocycles. The van der Waals surface area contributed by atoms with E-state index in [0.29, 0.717) is 13.1 Å². The first kappa shape index (κ1) is 19.2. The molecular weight excluding hydrogens is 362 g/mol. The second-order valence-electron chi connectivity index (χ2n) is 7.08. The number of aromatic nitrogens is 1. The second-order valence-corrected chi connectivity index (χ2v) is 7.08. The van der Waals surface area contributed by atoms with Crippen molar-refractivity contribution in [1.82, 2.24) is 9.88 Å². The summed E-state index contributed by atoms with van der Waals surface area (Å²) in [5, 5.41) is 25.2. The number of likely N-dealkylation sites (N-methyl/N-ethyl adjacent to an activating group) is 1. The minimum atomic E-state index is 0.0987. The molecule has 0 bridgehead atoms. The first-order valence-electron chi connectivity index (χ1n) is 9.89. The van der Waals surface area contributed by atoms with Gasteiger partial charge in [-0.2, -0.15) is 0 Å². The zero-order valence-electron chi connectivity index (χ0n) is 16.5. The average Bonchev–Trinajstić information content (AvgIpc) is 2.75. The fourth-order valence-electron chi connectivity index (χ4n) is 3.64. The minimum Gasteiger partial charge on any atom is -0.508 e. The maximum atomic E-state index is 10.3. The lowest BCUT2D eigenvalue weighted by Gasteiger charge is -2.20. The number of phenols is 1. The Morgan fingerprint density at radius 3 is 2.21 bits per heavy atom. The summed E-state index contributed by atoms with van der Waals surface area (Å²) >= 11 is 0. The number of hydrogen-bond donors (Lipinski definition) is 3. The molecule has 1 aromatic heterocycles. The summed E-state index contributed by atoms with van der Waals surface area (Å²) in [4.78, 5) is 6.87. The van der Waals surface area contributed by atoms with E-state index in [9.17, 15) is 10.2 Å². The van der Waals surface area contributed by atoms with Gasteiger partial charge in [0.1, 0.15) is 5.75 Å².